The zero-order valence-corrected chi connectivity index (χ0v) is 20.5. The van der Waals surface area contributed by atoms with Crippen molar-refractivity contribution in [3.63, 3.8) is 0 Å². The highest BCUT2D eigenvalue weighted by molar-refractivity contribution is 5.76. The van der Waals surface area contributed by atoms with Crippen LogP contribution in [-0.2, 0) is 24.2 Å². The quantitative estimate of drug-likeness (QED) is 0.419. The molecular weight excluding hydrogens is 442 g/mol. The number of hydrogen-bond donors (Lipinski definition) is 1. The maximum absolute atomic E-state index is 13.7. The van der Waals surface area contributed by atoms with Gasteiger partial charge in [-0.3, -0.25) is 9.59 Å². The number of nitrogens with one attached hydrogen (secondary N) is 1. The van der Waals surface area contributed by atoms with E-state index in [0.717, 1.165) is 37.7 Å². The molecule has 3 aromatic rings. The molecule has 1 N–H and O–H groups in total. The molecule has 1 aliphatic heterocycles. The lowest BCUT2D eigenvalue weighted by Crippen LogP contribution is -2.39. The zero-order chi connectivity index (χ0) is 24.4. The predicted octanol–water partition coefficient (Wildman–Crippen LogP) is 4.75. The van der Waals surface area contributed by atoms with Crippen molar-refractivity contribution in [1.82, 2.24) is 14.7 Å². The molecule has 5 rings (SSSR count). The van der Waals surface area contributed by atoms with E-state index in [1.807, 2.05) is 49.4 Å². The molecule has 0 unspecified atom stereocenters. The molecule has 1 aromatic heterocycles. The summed E-state index contributed by atoms with van der Waals surface area (Å²) in [4.78, 5) is 26.8. The fraction of sp³-hybridized carbons (Fsp3) is 0.429. The van der Waals surface area contributed by atoms with E-state index in [1.165, 1.54) is 12.0 Å². The maximum atomic E-state index is 13.7. The number of nitrogens with zero attached hydrogens (tertiary/aromatic N) is 2. The smallest absolute Gasteiger partial charge is 0.278 e. The average molecular weight is 476 g/mol. The molecule has 2 aliphatic rings. The molecule has 184 valence electrons. The van der Waals surface area contributed by atoms with E-state index in [-0.39, 0.29) is 24.1 Å². The average Bonchev–Trinajstić information content (AvgIpc) is 3.14. The summed E-state index contributed by atoms with van der Waals surface area (Å²) in [5, 5.41) is 3.18. The number of aromatic nitrogens is 2. The summed E-state index contributed by atoms with van der Waals surface area (Å²) < 4.78 is 15.4. The SMILES string of the molecule is CCOc1cccc2c1Oc1c(c(=O)n(-c3ccc(CC)cc3)n1CC(=O)NC1CCCCC1)C2. The van der Waals surface area contributed by atoms with Gasteiger partial charge in [0, 0.05) is 18.0 Å². The lowest BCUT2D eigenvalue weighted by atomic mass is 9.95. The Balaban J connectivity index is 1.56. The molecule has 1 aliphatic carbocycles. The normalized spacial score (nSPS) is 15.1. The van der Waals surface area contributed by atoms with E-state index in [4.69, 9.17) is 9.47 Å². The van der Waals surface area contributed by atoms with Crippen LogP contribution in [0.15, 0.2) is 47.3 Å². The molecule has 7 heteroatoms. The van der Waals surface area contributed by atoms with Crippen LogP contribution in [-0.4, -0.2) is 27.9 Å². The van der Waals surface area contributed by atoms with Crippen LogP contribution in [0, 0.1) is 0 Å². The van der Waals surface area contributed by atoms with Crippen molar-refractivity contribution < 1.29 is 14.3 Å². The van der Waals surface area contributed by atoms with Crippen molar-refractivity contribution in [1.29, 1.82) is 0 Å². The van der Waals surface area contributed by atoms with Crippen LogP contribution in [0.2, 0.25) is 0 Å². The minimum Gasteiger partial charge on any atom is -0.490 e. The lowest BCUT2D eigenvalue weighted by molar-refractivity contribution is -0.122. The van der Waals surface area contributed by atoms with Crippen LogP contribution in [0.25, 0.3) is 5.69 Å². The summed E-state index contributed by atoms with van der Waals surface area (Å²) in [6, 6.07) is 13.8. The Morgan fingerprint density at radius 2 is 1.86 bits per heavy atom. The summed E-state index contributed by atoms with van der Waals surface area (Å²) in [5.74, 6) is 1.55. The molecule has 0 saturated heterocycles. The number of carbonyl (C=O) groups excluding carboxylic acids is 1. The predicted molar refractivity (Wildman–Crippen MR) is 135 cm³/mol. The van der Waals surface area contributed by atoms with Gasteiger partial charge in [-0.05, 0) is 49.9 Å². The summed E-state index contributed by atoms with van der Waals surface area (Å²) in [5.41, 5.74) is 3.19. The lowest BCUT2D eigenvalue weighted by Gasteiger charge is -2.24. The fourth-order valence-electron chi connectivity index (χ4n) is 5.14. The first-order chi connectivity index (χ1) is 17.1. The number of hydrogen-bond acceptors (Lipinski definition) is 4. The van der Waals surface area contributed by atoms with Crippen LogP contribution in [0.1, 0.15) is 62.6 Å². The zero-order valence-electron chi connectivity index (χ0n) is 20.5. The first-order valence-corrected chi connectivity index (χ1v) is 12.7. The maximum Gasteiger partial charge on any atom is 0.278 e. The van der Waals surface area contributed by atoms with E-state index in [2.05, 4.69) is 12.2 Å². The van der Waals surface area contributed by atoms with Crippen LogP contribution in [0.5, 0.6) is 17.4 Å². The second-order valence-corrected chi connectivity index (χ2v) is 9.34. The summed E-state index contributed by atoms with van der Waals surface area (Å²) >= 11 is 0. The van der Waals surface area contributed by atoms with Crippen LogP contribution in [0.4, 0.5) is 0 Å². The number of benzene rings is 2. The van der Waals surface area contributed by atoms with Gasteiger partial charge in [0.05, 0.1) is 17.9 Å². The largest absolute Gasteiger partial charge is 0.490 e. The second kappa shape index (κ2) is 10.0. The standard InChI is InChI=1S/C28H33N3O4/c1-3-19-13-15-22(16-14-19)31-27(33)23-17-20-9-8-12-24(34-4-2)26(20)35-28(23)30(31)18-25(32)29-21-10-6-5-7-11-21/h8-9,12-16,21H,3-7,10-11,17-18H2,1-2H3,(H,29,32). The minimum absolute atomic E-state index is 0.00272. The fourth-order valence-corrected chi connectivity index (χ4v) is 5.14. The van der Waals surface area contributed by atoms with Gasteiger partial charge < -0.3 is 14.8 Å². The Bertz CT molecular complexity index is 1270. The highest BCUT2D eigenvalue weighted by Crippen LogP contribution is 2.42. The first kappa shape index (κ1) is 23.3. The minimum atomic E-state index is -0.165. The Kier molecular flexibility index (Phi) is 6.66. The highest BCUT2D eigenvalue weighted by Gasteiger charge is 2.31. The van der Waals surface area contributed by atoms with E-state index < -0.39 is 0 Å². The molecule has 2 heterocycles. The third-order valence-corrected chi connectivity index (χ3v) is 6.96. The first-order valence-electron chi connectivity index (χ1n) is 12.7. The van der Waals surface area contributed by atoms with E-state index in [9.17, 15) is 9.59 Å². The van der Waals surface area contributed by atoms with E-state index >= 15 is 0 Å². The van der Waals surface area contributed by atoms with Gasteiger partial charge in [0.2, 0.25) is 11.8 Å². The second-order valence-electron chi connectivity index (χ2n) is 9.34. The Labute approximate surface area is 205 Å². The molecule has 1 fully saturated rings. The van der Waals surface area contributed by atoms with Gasteiger partial charge >= 0.3 is 0 Å². The van der Waals surface area contributed by atoms with Gasteiger partial charge in [0.1, 0.15) is 6.54 Å². The molecule has 0 radical (unpaired) electrons. The Hall–Kier alpha value is -3.48. The van der Waals surface area contributed by atoms with Crippen LogP contribution < -0.4 is 20.3 Å². The van der Waals surface area contributed by atoms with Gasteiger partial charge in [0.25, 0.3) is 5.56 Å². The topological polar surface area (TPSA) is 74.5 Å². The molecule has 0 atom stereocenters. The number of ether oxygens (including phenoxy) is 2. The molecular formula is C28H33N3O4. The van der Waals surface area contributed by atoms with Gasteiger partial charge in [-0.1, -0.05) is 50.5 Å². The number of amides is 1. The van der Waals surface area contributed by atoms with E-state index in [1.54, 1.807) is 9.36 Å². The number of carbonyl (C=O) groups is 1. The highest BCUT2D eigenvalue weighted by atomic mass is 16.5. The van der Waals surface area contributed by atoms with Gasteiger partial charge in [-0.15, -0.1) is 0 Å². The van der Waals surface area contributed by atoms with Crippen molar-refractivity contribution in [2.75, 3.05) is 6.61 Å². The number of fused-ring (bicyclic) bond motifs is 2. The third-order valence-electron chi connectivity index (χ3n) is 6.96. The molecule has 1 amide bonds. The molecule has 1 saturated carbocycles. The molecule has 0 spiro atoms. The van der Waals surface area contributed by atoms with Crippen molar-refractivity contribution in [3.05, 3.63) is 69.5 Å². The van der Waals surface area contributed by atoms with Crippen molar-refractivity contribution in [2.24, 2.45) is 0 Å². The number of aryl methyl sites for hydroxylation is 1. The summed E-state index contributed by atoms with van der Waals surface area (Å²) in [6.07, 6.45) is 6.84. The third kappa shape index (κ3) is 4.59. The Morgan fingerprint density at radius 1 is 1.09 bits per heavy atom. The van der Waals surface area contributed by atoms with Crippen molar-refractivity contribution in [3.8, 4) is 23.1 Å². The van der Waals surface area contributed by atoms with E-state index in [0.29, 0.717) is 41.7 Å². The Morgan fingerprint density at radius 3 is 2.57 bits per heavy atom. The summed E-state index contributed by atoms with van der Waals surface area (Å²) in [7, 11) is 0. The summed E-state index contributed by atoms with van der Waals surface area (Å²) in [6.45, 7) is 4.53. The molecule has 2 aromatic carbocycles. The van der Waals surface area contributed by atoms with Crippen molar-refractivity contribution >= 4 is 5.91 Å². The van der Waals surface area contributed by atoms with Crippen LogP contribution in [0.3, 0.4) is 0 Å². The molecule has 0 bridgehead atoms. The number of rotatable bonds is 7. The van der Waals surface area contributed by atoms with Gasteiger partial charge in [0.15, 0.2) is 11.5 Å². The monoisotopic (exact) mass is 475 g/mol. The van der Waals surface area contributed by atoms with Crippen molar-refractivity contribution in [2.45, 2.75) is 71.4 Å². The molecule has 7 nitrogen and oxygen atoms in total. The molecule has 35 heavy (non-hydrogen) atoms. The van der Waals surface area contributed by atoms with Crippen LogP contribution >= 0.6 is 0 Å². The van der Waals surface area contributed by atoms with Gasteiger partial charge in [-0.2, -0.15) is 0 Å². The van der Waals surface area contributed by atoms with Gasteiger partial charge in [-0.25, -0.2) is 9.36 Å². The number of para-hydroxylation sites is 1.